The summed E-state index contributed by atoms with van der Waals surface area (Å²) in [5.41, 5.74) is 6.31. The first-order chi connectivity index (χ1) is 8.87. The minimum atomic E-state index is -3.23. The minimum Gasteiger partial charge on any atom is -0.398 e. The van der Waals surface area contributed by atoms with Crippen molar-refractivity contribution in [2.45, 2.75) is 6.92 Å². The lowest BCUT2D eigenvalue weighted by atomic mass is 10.1. The van der Waals surface area contributed by atoms with Crippen molar-refractivity contribution < 1.29 is 18.0 Å². The summed E-state index contributed by atoms with van der Waals surface area (Å²) in [5, 5.41) is 0. The molecule has 2 rings (SSSR count). The number of amides is 2. The number of hydrogen-bond acceptors (Lipinski definition) is 5. The van der Waals surface area contributed by atoms with Crippen LogP contribution in [0.2, 0.25) is 0 Å². The van der Waals surface area contributed by atoms with Gasteiger partial charge in [0.1, 0.15) is 0 Å². The molecule has 0 radical (unpaired) electrons. The lowest BCUT2D eigenvalue weighted by Crippen LogP contribution is -2.34. The summed E-state index contributed by atoms with van der Waals surface area (Å²) < 4.78 is 22.9. The Balaban J connectivity index is 2.26. The van der Waals surface area contributed by atoms with Crippen molar-refractivity contribution in [2.75, 3.05) is 23.8 Å². The van der Waals surface area contributed by atoms with E-state index >= 15 is 0 Å². The van der Waals surface area contributed by atoms with E-state index in [1.165, 1.54) is 19.1 Å². The number of nitrogens with two attached hydrogens (primary N) is 1. The van der Waals surface area contributed by atoms with Crippen LogP contribution in [0, 0.1) is 0 Å². The number of anilines is 1. The molecule has 1 aromatic carbocycles. The van der Waals surface area contributed by atoms with Crippen molar-refractivity contribution in [3.05, 3.63) is 29.3 Å². The number of benzene rings is 1. The van der Waals surface area contributed by atoms with Crippen molar-refractivity contribution in [3.8, 4) is 0 Å². The summed E-state index contributed by atoms with van der Waals surface area (Å²) >= 11 is 0. The Hall–Kier alpha value is -1.89. The number of hydrogen-bond donors (Lipinski definition) is 1. The van der Waals surface area contributed by atoms with Crippen LogP contribution in [0.25, 0.3) is 0 Å². The Morgan fingerprint density at radius 1 is 1.21 bits per heavy atom. The first kappa shape index (κ1) is 13.5. The molecule has 0 aromatic heterocycles. The van der Waals surface area contributed by atoms with E-state index < -0.39 is 21.7 Å². The molecule has 0 spiro atoms. The first-order valence-electron chi connectivity index (χ1n) is 5.82. The zero-order valence-corrected chi connectivity index (χ0v) is 11.2. The molecule has 1 aliphatic rings. The highest BCUT2D eigenvalue weighted by Gasteiger charge is 2.37. The molecular weight excluding hydrogens is 268 g/mol. The fraction of sp³-hybridized carbons (Fsp3) is 0.333. The van der Waals surface area contributed by atoms with Gasteiger partial charge in [-0.15, -0.1) is 0 Å². The molecule has 0 unspecified atom stereocenters. The van der Waals surface area contributed by atoms with Crippen molar-refractivity contribution in [1.29, 1.82) is 0 Å². The summed E-state index contributed by atoms with van der Waals surface area (Å²) in [6.07, 6.45) is 0. The average molecular weight is 282 g/mol. The molecule has 6 nitrogen and oxygen atoms in total. The van der Waals surface area contributed by atoms with E-state index in [4.69, 9.17) is 5.73 Å². The maximum absolute atomic E-state index is 12.1. The second-order valence-corrected chi connectivity index (χ2v) is 6.74. The highest BCUT2D eigenvalue weighted by molar-refractivity contribution is 7.91. The number of nitrogen functional groups attached to an aromatic ring is 1. The van der Waals surface area contributed by atoms with Crippen LogP contribution in [0.1, 0.15) is 27.6 Å². The van der Waals surface area contributed by atoms with Gasteiger partial charge in [-0.3, -0.25) is 14.5 Å². The molecular formula is C12H14N2O4S. The Morgan fingerprint density at radius 3 is 2.47 bits per heavy atom. The molecule has 2 amide bonds. The van der Waals surface area contributed by atoms with Gasteiger partial charge < -0.3 is 5.73 Å². The highest BCUT2D eigenvalue weighted by atomic mass is 32.2. The average Bonchev–Trinajstić information content (AvgIpc) is 2.61. The van der Waals surface area contributed by atoms with E-state index in [0.29, 0.717) is 0 Å². The zero-order chi connectivity index (χ0) is 14.2. The molecule has 0 bridgehead atoms. The zero-order valence-electron chi connectivity index (χ0n) is 10.4. The van der Waals surface area contributed by atoms with Gasteiger partial charge in [0.2, 0.25) is 0 Å². The SMILES string of the molecule is CCS(=O)(=O)CCN1C(=O)c2cccc(N)c2C1=O. The fourth-order valence-corrected chi connectivity index (χ4v) is 2.69. The second kappa shape index (κ2) is 4.65. The van der Waals surface area contributed by atoms with Gasteiger partial charge in [0.15, 0.2) is 9.84 Å². The molecule has 7 heteroatoms. The predicted molar refractivity (Wildman–Crippen MR) is 70.5 cm³/mol. The standard InChI is InChI=1S/C12H14N2O4S/c1-2-19(17,18)7-6-14-11(15)8-4-3-5-9(13)10(8)12(14)16/h3-5H,2,6-7,13H2,1H3. The van der Waals surface area contributed by atoms with E-state index in [9.17, 15) is 18.0 Å². The Labute approximate surface area is 111 Å². The summed E-state index contributed by atoms with van der Waals surface area (Å²) in [5.74, 6) is -1.25. The molecule has 0 saturated heterocycles. The Morgan fingerprint density at radius 2 is 1.89 bits per heavy atom. The largest absolute Gasteiger partial charge is 0.398 e. The van der Waals surface area contributed by atoms with Crippen LogP contribution in [0.3, 0.4) is 0 Å². The highest BCUT2D eigenvalue weighted by Crippen LogP contribution is 2.27. The summed E-state index contributed by atoms with van der Waals surface area (Å²) in [6.45, 7) is 1.39. The molecule has 1 aliphatic heterocycles. The van der Waals surface area contributed by atoms with Crippen LogP contribution < -0.4 is 5.73 Å². The molecule has 0 atom stereocenters. The predicted octanol–water partition coefficient (Wildman–Crippen LogP) is 0.300. The van der Waals surface area contributed by atoms with Crippen molar-refractivity contribution >= 4 is 27.3 Å². The van der Waals surface area contributed by atoms with Crippen LogP contribution in [0.4, 0.5) is 5.69 Å². The first-order valence-corrected chi connectivity index (χ1v) is 7.64. The lowest BCUT2D eigenvalue weighted by Gasteiger charge is -2.13. The molecule has 0 aliphatic carbocycles. The third-order valence-corrected chi connectivity index (χ3v) is 4.78. The van der Waals surface area contributed by atoms with Crippen LogP contribution in [0.5, 0.6) is 0 Å². The maximum Gasteiger partial charge on any atom is 0.263 e. The summed E-state index contributed by atoms with van der Waals surface area (Å²) in [6, 6.07) is 4.64. The molecule has 1 aromatic rings. The topological polar surface area (TPSA) is 97.5 Å². The molecule has 0 saturated carbocycles. The number of carbonyl (C=O) groups excluding carboxylic acids is 2. The van der Waals surface area contributed by atoms with E-state index in [0.717, 1.165) is 4.90 Å². The fourth-order valence-electron chi connectivity index (χ4n) is 1.94. The van der Waals surface area contributed by atoms with Gasteiger partial charge in [-0.05, 0) is 12.1 Å². The third-order valence-electron chi connectivity index (χ3n) is 3.10. The Kier molecular flexibility index (Phi) is 3.32. The number of carbonyl (C=O) groups is 2. The normalized spacial score (nSPS) is 14.9. The van der Waals surface area contributed by atoms with E-state index in [1.54, 1.807) is 6.07 Å². The smallest absolute Gasteiger partial charge is 0.263 e. The van der Waals surface area contributed by atoms with Gasteiger partial charge in [0, 0.05) is 18.0 Å². The lowest BCUT2D eigenvalue weighted by molar-refractivity contribution is 0.0664. The van der Waals surface area contributed by atoms with Crippen LogP contribution in [0.15, 0.2) is 18.2 Å². The number of sulfone groups is 1. The van der Waals surface area contributed by atoms with Crippen molar-refractivity contribution in [2.24, 2.45) is 0 Å². The van der Waals surface area contributed by atoms with E-state index in [2.05, 4.69) is 0 Å². The van der Waals surface area contributed by atoms with Crippen molar-refractivity contribution in [1.82, 2.24) is 4.90 Å². The Bertz CT molecular complexity index is 652. The van der Waals surface area contributed by atoms with Gasteiger partial charge in [0.25, 0.3) is 11.8 Å². The van der Waals surface area contributed by atoms with Crippen LogP contribution in [-0.4, -0.2) is 43.2 Å². The van der Waals surface area contributed by atoms with Gasteiger partial charge >= 0.3 is 0 Å². The van der Waals surface area contributed by atoms with Crippen molar-refractivity contribution in [3.63, 3.8) is 0 Å². The molecule has 2 N–H and O–H groups in total. The molecule has 1 heterocycles. The maximum atomic E-state index is 12.1. The second-order valence-electron chi connectivity index (χ2n) is 4.27. The van der Waals surface area contributed by atoms with Gasteiger partial charge in [-0.25, -0.2) is 8.42 Å². The molecule has 19 heavy (non-hydrogen) atoms. The third kappa shape index (κ3) is 2.33. The monoisotopic (exact) mass is 282 g/mol. The van der Waals surface area contributed by atoms with E-state index in [-0.39, 0.29) is 34.9 Å². The number of rotatable bonds is 4. The molecule has 0 fully saturated rings. The van der Waals surface area contributed by atoms with Gasteiger partial charge in [-0.2, -0.15) is 0 Å². The van der Waals surface area contributed by atoms with E-state index in [1.807, 2.05) is 0 Å². The number of imide groups is 1. The van der Waals surface area contributed by atoms with Gasteiger partial charge in [0.05, 0.1) is 16.9 Å². The van der Waals surface area contributed by atoms with Gasteiger partial charge in [-0.1, -0.05) is 13.0 Å². The minimum absolute atomic E-state index is 0.0156. The van der Waals surface area contributed by atoms with Crippen LogP contribution >= 0.6 is 0 Å². The summed E-state index contributed by atoms with van der Waals surface area (Å²) in [4.78, 5) is 25.0. The summed E-state index contributed by atoms with van der Waals surface area (Å²) in [7, 11) is -3.23. The number of nitrogens with zero attached hydrogens (tertiary/aromatic N) is 1. The number of fused-ring (bicyclic) bond motifs is 1. The molecule has 102 valence electrons. The quantitative estimate of drug-likeness (QED) is 0.632. The van der Waals surface area contributed by atoms with Crippen LogP contribution in [-0.2, 0) is 9.84 Å².